The molecule has 3 atom stereocenters. The van der Waals surface area contributed by atoms with Crippen molar-refractivity contribution >= 4 is 5.97 Å². The molecule has 1 aliphatic carbocycles. The summed E-state index contributed by atoms with van der Waals surface area (Å²) in [5.74, 6) is -0.115. The number of hydrogen-bond acceptors (Lipinski definition) is 2. The van der Waals surface area contributed by atoms with Gasteiger partial charge in [-0.15, -0.1) is 0 Å². The van der Waals surface area contributed by atoms with E-state index in [2.05, 4.69) is 11.8 Å². The minimum atomic E-state index is -0.598. The molecule has 0 aromatic heterocycles. The fourth-order valence-corrected chi connectivity index (χ4v) is 2.96. The summed E-state index contributed by atoms with van der Waals surface area (Å²) >= 11 is 0. The molecule has 0 radical (unpaired) electrons. The SMILES string of the molecule is CC1CC(C(=O)O)C1N1CCCCC1. The first-order chi connectivity index (χ1) is 6.70. The van der Waals surface area contributed by atoms with Gasteiger partial charge < -0.3 is 5.11 Å². The average Bonchev–Trinajstić information content (AvgIpc) is 2.15. The highest BCUT2D eigenvalue weighted by atomic mass is 16.4. The lowest BCUT2D eigenvalue weighted by Gasteiger charge is -2.48. The number of rotatable bonds is 2. The first-order valence-electron chi connectivity index (χ1n) is 5.67. The van der Waals surface area contributed by atoms with Crippen molar-refractivity contribution in [1.82, 2.24) is 4.90 Å². The number of nitrogens with zero attached hydrogens (tertiary/aromatic N) is 1. The standard InChI is InChI=1S/C11H19NO2/c1-8-7-9(11(13)14)10(8)12-5-3-2-4-6-12/h8-10H,2-7H2,1H3,(H,13,14). The fourth-order valence-electron chi connectivity index (χ4n) is 2.96. The van der Waals surface area contributed by atoms with Gasteiger partial charge in [0.2, 0.25) is 0 Å². The molecule has 3 nitrogen and oxygen atoms in total. The lowest BCUT2D eigenvalue weighted by molar-refractivity contribution is -0.153. The molecule has 0 bridgehead atoms. The van der Waals surface area contributed by atoms with Crippen molar-refractivity contribution < 1.29 is 9.90 Å². The van der Waals surface area contributed by atoms with Crippen molar-refractivity contribution in [1.29, 1.82) is 0 Å². The van der Waals surface area contributed by atoms with Crippen molar-refractivity contribution in [2.45, 2.75) is 38.6 Å². The van der Waals surface area contributed by atoms with Gasteiger partial charge in [0.05, 0.1) is 5.92 Å². The molecule has 1 N–H and O–H groups in total. The van der Waals surface area contributed by atoms with E-state index < -0.39 is 5.97 Å². The van der Waals surface area contributed by atoms with Crippen molar-refractivity contribution in [3.05, 3.63) is 0 Å². The van der Waals surface area contributed by atoms with Crippen LogP contribution in [0.15, 0.2) is 0 Å². The normalized spacial score (nSPS) is 39.1. The summed E-state index contributed by atoms with van der Waals surface area (Å²) in [6.07, 6.45) is 4.68. The summed E-state index contributed by atoms with van der Waals surface area (Å²) in [4.78, 5) is 13.4. The van der Waals surface area contributed by atoms with E-state index in [0.29, 0.717) is 12.0 Å². The highest BCUT2D eigenvalue weighted by molar-refractivity contribution is 5.72. The Bertz CT molecular complexity index is 223. The van der Waals surface area contributed by atoms with Crippen LogP contribution >= 0.6 is 0 Å². The highest BCUT2D eigenvalue weighted by Crippen LogP contribution is 2.39. The van der Waals surface area contributed by atoms with E-state index in [1.54, 1.807) is 0 Å². The van der Waals surface area contributed by atoms with Crippen LogP contribution in [-0.2, 0) is 4.79 Å². The van der Waals surface area contributed by atoms with E-state index in [1.807, 2.05) is 0 Å². The Hall–Kier alpha value is -0.570. The Labute approximate surface area is 85.1 Å². The monoisotopic (exact) mass is 197 g/mol. The molecule has 0 amide bonds. The second-order valence-corrected chi connectivity index (χ2v) is 4.74. The number of carbonyl (C=O) groups is 1. The summed E-state index contributed by atoms with van der Waals surface area (Å²) in [7, 11) is 0. The third-order valence-corrected chi connectivity index (χ3v) is 3.75. The maximum absolute atomic E-state index is 11.0. The molecule has 1 heterocycles. The molecule has 1 aliphatic heterocycles. The van der Waals surface area contributed by atoms with E-state index in [9.17, 15) is 4.79 Å². The molecule has 0 spiro atoms. The van der Waals surface area contributed by atoms with E-state index in [1.165, 1.54) is 19.3 Å². The number of carboxylic acid groups (broad SMARTS) is 1. The smallest absolute Gasteiger partial charge is 0.308 e. The predicted molar refractivity (Wildman–Crippen MR) is 54.1 cm³/mol. The van der Waals surface area contributed by atoms with Crippen LogP contribution in [0.4, 0.5) is 0 Å². The van der Waals surface area contributed by atoms with Gasteiger partial charge >= 0.3 is 5.97 Å². The maximum Gasteiger partial charge on any atom is 0.308 e. The van der Waals surface area contributed by atoms with Gasteiger partial charge in [-0.2, -0.15) is 0 Å². The highest BCUT2D eigenvalue weighted by Gasteiger charge is 2.45. The van der Waals surface area contributed by atoms with Crippen LogP contribution < -0.4 is 0 Å². The second kappa shape index (κ2) is 3.89. The number of hydrogen-bond donors (Lipinski definition) is 1. The molecule has 1 saturated carbocycles. The molecule has 1 saturated heterocycles. The van der Waals surface area contributed by atoms with Crippen molar-refractivity contribution in [3.8, 4) is 0 Å². The van der Waals surface area contributed by atoms with Gasteiger partial charge in [-0.1, -0.05) is 13.3 Å². The molecule has 0 aromatic rings. The lowest BCUT2D eigenvalue weighted by atomic mass is 9.69. The Morgan fingerprint density at radius 2 is 1.93 bits per heavy atom. The molecular weight excluding hydrogens is 178 g/mol. The first-order valence-corrected chi connectivity index (χ1v) is 5.67. The van der Waals surface area contributed by atoms with Crippen LogP contribution in [0.2, 0.25) is 0 Å². The van der Waals surface area contributed by atoms with Crippen molar-refractivity contribution in [3.63, 3.8) is 0 Å². The van der Waals surface area contributed by atoms with Crippen LogP contribution in [0.5, 0.6) is 0 Å². The van der Waals surface area contributed by atoms with E-state index in [4.69, 9.17) is 5.11 Å². The topological polar surface area (TPSA) is 40.5 Å². The largest absolute Gasteiger partial charge is 0.481 e. The summed E-state index contributed by atoms with van der Waals surface area (Å²) in [5.41, 5.74) is 0. The Kier molecular flexibility index (Phi) is 2.77. The third kappa shape index (κ3) is 1.65. The quantitative estimate of drug-likeness (QED) is 0.730. The van der Waals surface area contributed by atoms with Gasteiger partial charge in [-0.05, 0) is 38.3 Å². The van der Waals surface area contributed by atoms with Gasteiger partial charge in [0.15, 0.2) is 0 Å². The fraction of sp³-hybridized carbons (Fsp3) is 0.909. The maximum atomic E-state index is 11.0. The predicted octanol–water partition coefficient (Wildman–Crippen LogP) is 1.58. The van der Waals surface area contributed by atoms with Gasteiger partial charge in [-0.3, -0.25) is 9.69 Å². The van der Waals surface area contributed by atoms with Crippen molar-refractivity contribution in [2.75, 3.05) is 13.1 Å². The van der Waals surface area contributed by atoms with Gasteiger partial charge in [0.1, 0.15) is 0 Å². The van der Waals surface area contributed by atoms with Gasteiger partial charge in [-0.25, -0.2) is 0 Å². The van der Waals surface area contributed by atoms with Crippen LogP contribution in [-0.4, -0.2) is 35.1 Å². The Morgan fingerprint density at radius 3 is 2.43 bits per heavy atom. The number of likely N-dealkylation sites (tertiary alicyclic amines) is 1. The minimum absolute atomic E-state index is 0.0944. The average molecular weight is 197 g/mol. The zero-order valence-corrected chi connectivity index (χ0v) is 8.78. The molecule has 0 aromatic carbocycles. The van der Waals surface area contributed by atoms with Gasteiger partial charge in [0, 0.05) is 6.04 Å². The summed E-state index contributed by atoms with van der Waals surface area (Å²) in [6.45, 7) is 4.40. The van der Waals surface area contributed by atoms with Gasteiger partial charge in [0.25, 0.3) is 0 Å². The molecular formula is C11H19NO2. The molecule has 3 unspecified atom stereocenters. The molecule has 14 heavy (non-hydrogen) atoms. The van der Waals surface area contributed by atoms with E-state index in [0.717, 1.165) is 19.5 Å². The third-order valence-electron chi connectivity index (χ3n) is 3.75. The minimum Gasteiger partial charge on any atom is -0.481 e. The molecule has 2 aliphatic rings. The molecule has 3 heteroatoms. The summed E-state index contributed by atoms with van der Waals surface area (Å²) < 4.78 is 0. The number of carboxylic acids is 1. The van der Waals surface area contributed by atoms with Crippen LogP contribution in [0.25, 0.3) is 0 Å². The Morgan fingerprint density at radius 1 is 1.29 bits per heavy atom. The molecule has 2 rings (SSSR count). The summed E-state index contributed by atoms with van der Waals surface area (Å²) in [6, 6.07) is 0.327. The van der Waals surface area contributed by atoms with Crippen LogP contribution in [0.1, 0.15) is 32.6 Å². The Balaban J connectivity index is 1.96. The van der Waals surface area contributed by atoms with Crippen LogP contribution in [0, 0.1) is 11.8 Å². The lowest BCUT2D eigenvalue weighted by Crippen LogP contribution is -2.56. The molecule has 2 fully saturated rings. The van der Waals surface area contributed by atoms with E-state index in [-0.39, 0.29) is 5.92 Å². The zero-order valence-electron chi connectivity index (χ0n) is 8.78. The first kappa shape index (κ1) is 9.97. The second-order valence-electron chi connectivity index (χ2n) is 4.74. The number of aliphatic carboxylic acids is 1. The zero-order chi connectivity index (χ0) is 10.1. The number of piperidine rings is 1. The summed E-state index contributed by atoms with van der Waals surface area (Å²) in [5, 5.41) is 9.03. The molecule has 80 valence electrons. The van der Waals surface area contributed by atoms with Crippen LogP contribution in [0.3, 0.4) is 0 Å². The van der Waals surface area contributed by atoms with Crippen molar-refractivity contribution in [2.24, 2.45) is 11.8 Å². The van der Waals surface area contributed by atoms with E-state index >= 15 is 0 Å².